The van der Waals surface area contributed by atoms with E-state index in [4.69, 9.17) is 4.74 Å². The van der Waals surface area contributed by atoms with E-state index >= 15 is 0 Å². The summed E-state index contributed by atoms with van der Waals surface area (Å²) in [4.78, 5) is 28.7. The topological polar surface area (TPSA) is 80.3 Å². The van der Waals surface area contributed by atoms with E-state index in [9.17, 15) is 9.59 Å². The first kappa shape index (κ1) is 19.4. The second kappa shape index (κ2) is 7.99. The molecule has 0 unspecified atom stereocenters. The Labute approximate surface area is 154 Å². The van der Waals surface area contributed by atoms with Gasteiger partial charge in [-0.25, -0.2) is 0 Å². The molecule has 0 aliphatic heterocycles. The zero-order valence-corrected chi connectivity index (χ0v) is 15.8. The normalized spacial score (nSPS) is 11.2. The lowest BCUT2D eigenvalue weighted by Gasteiger charge is -2.20. The first-order chi connectivity index (χ1) is 12.1. The smallest absolute Gasteiger partial charge is 0.270 e. The largest absolute Gasteiger partial charge is 0.491 e. The van der Waals surface area contributed by atoms with Crippen molar-refractivity contribution in [1.82, 2.24) is 10.3 Å². The van der Waals surface area contributed by atoms with E-state index in [1.54, 1.807) is 30.3 Å². The van der Waals surface area contributed by atoms with Crippen LogP contribution in [0.4, 0.5) is 5.69 Å². The van der Waals surface area contributed by atoms with E-state index in [0.29, 0.717) is 11.3 Å². The molecule has 2 aromatic rings. The summed E-state index contributed by atoms with van der Waals surface area (Å²) in [5, 5.41) is 5.63. The first-order valence-corrected chi connectivity index (χ1v) is 8.51. The second-order valence-electron chi connectivity index (χ2n) is 7.28. The summed E-state index contributed by atoms with van der Waals surface area (Å²) in [5.74, 6) is 0.111. The second-order valence-corrected chi connectivity index (χ2v) is 7.28. The number of nitrogens with zero attached hydrogens (tertiary/aromatic N) is 1. The van der Waals surface area contributed by atoms with Gasteiger partial charge in [0.25, 0.3) is 11.8 Å². The number of hydrogen-bond acceptors (Lipinski definition) is 4. The van der Waals surface area contributed by atoms with Crippen LogP contribution in [0, 0.1) is 0 Å². The molecular weight excluding hydrogens is 330 g/mol. The van der Waals surface area contributed by atoms with Crippen molar-refractivity contribution in [3.8, 4) is 5.75 Å². The number of amides is 2. The third-order valence-electron chi connectivity index (χ3n) is 3.23. The van der Waals surface area contributed by atoms with E-state index in [2.05, 4.69) is 15.6 Å². The molecule has 1 aromatic heterocycles. The Kier molecular flexibility index (Phi) is 5.97. The Morgan fingerprint density at radius 3 is 2.27 bits per heavy atom. The fourth-order valence-electron chi connectivity index (χ4n) is 2.19. The highest BCUT2D eigenvalue weighted by molar-refractivity contribution is 6.05. The number of anilines is 1. The predicted octanol–water partition coefficient (Wildman–Crippen LogP) is 3.65. The van der Waals surface area contributed by atoms with Gasteiger partial charge in [0.2, 0.25) is 0 Å². The maximum absolute atomic E-state index is 12.4. The Bertz CT molecular complexity index is 778. The number of benzene rings is 1. The highest BCUT2D eigenvalue weighted by Crippen LogP contribution is 2.17. The fourth-order valence-corrected chi connectivity index (χ4v) is 2.19. The van der Waals surface area contributed by atoms with E-state index in [1.165, 1.54) is 12.3 Å². The van der Waals surface area contributed by atoms with Crippen molar-refractivity contribution in [3.05, 3.63) is 53.9 Å². The molecule has 138 valence electrons. The molecule has 2 rings (SSSR count). The van der Waals surface area contributed by atoms with Gasteiger partial charge in [-0.3, -0.25) is 14.6 Å². The summed E-state index contributed by atoms with van der Waals surface area (Å²) in [6, 6.07) is 10.2. The molecule has 6 nitrogen and oxygen atoms in total. The van der Waals surface area contributed by atoms with Crippen molar-refractivity contribution in [3.63, 3.8) is 0 Å². The zero-order valence-electron chi connectivity index (χ0n) is 15.8. The molecule has 26 heavy (non-hydrogen) atoms. The van der Waals surface area contributed by atoms with E-state index < -0.39 is 0 Å². The lowest BCUT2D eigenvalue weighted by molar-refractivity contribution is 0.0914. The van der Waals surface area contributed by atoms with Gasteiger partial charge in [0, 0.05) is 23.0 Å². The summed E-state index contributed by atoms with van der Waals surface area (Å²) in [6.07, 6.45) is 1.54. The number of carbonyl (C=O) groups is 2. The monoisotopic (exact) mass is 355 g/mol. The van der Waals surface area contributed by atoms with Crippen molar-refractivity contribution in [2.75, 3.05) is 5.32 Å². The molecular formula is C20H25N3O3. The van der Waals surface area contributed by atoms with Crippen molar-refractivity contribution < 1.29 is 14.3 Å². The fraction of sp³-hybridized carbons (Fsp3) is 0.350. The molecule has 1 heterocycles. The van der Waals surface area contributed by atoms with Gasteiger partial charge in [-0.15, -0.1) is 0 Å². The van der Waals surface area contributed by atoms with Gasteiger partial charge in [-0.1, -0.05) is 0 Å². The van der Waals surface area contributed by atoms with Gasteiger partial charge >= 0.3 is 0 Å². The summed E-state index contributed by atoms with van der Waals surface area (Å²) < 4.78 is 5.58. The highest BCUT2D eigenvalue weighted by atomic mass is 16.5. The van der Waals surface area contributed by atoms with E-state index in [1.807, 2.05) is 34.6 Å². The number of pyridine rings is 1. The molecule has 2 amide bonds. The van der Waals surface area contributed by atoms with Crippen LogP contribution in [-0.2, 0) is 0 Å². The van der Waals surface area contributed by atoms with Gasteiger partial charge in [-0.05, 0) is 71.0 Å². The molecule has 0 atom stereocenters. The number of hydrogen-bond donors (Lipinski definition) is 2. The van der Waals surface area contributed by atoms with Crippen LogP contribution >= 0.6 is 0 Å². The van der Waals surface area contributed by atoms with Crippen LogP contribution in [0.15, 0.2) is 42.6 Å². The quantitative estimate of drug-likeness (QED) is 0.858. The molecule has 0 bridgehead atoms. The summed E-state index contributed by atoms with van der Waals surface area (Å²) >= 11 is 0. The van der Waals surface area contributed by atoms with Crippen molar-refractivity contribution in [2.45, 2.75) is 46.3 Å². The Balaban J connectivity index is 2.08. The number of carbonyl (C=O) groups excluding carboxylic acids is 2. The molecule has 1 aromatic carbocycles. The minimum Gasteiger partial charge on any atom is -0.491 e. The number of nitrogens with one attached hydrogen (secondary N) is 2. The lowest BCUT2D eigenvalue weighted by Crippen LogP contribution is -2.41. The van der Waals surface area contributed by atoms with Gasteiger partial charge in [0.05, 0.1) is 6.10 Å². The SMILES string of the molecule is CC(C)Oc1ccc(NC(=O)c2ccnc(C(=O)NC(C)(C)C)c2)cc1. The maximum atomic E-state index is 12.4. The zero-order chi connectivity index (χ0) is 19.3. The average molecular weight is 355 g/mol. The summed E-state index contributed by atoms with van der Waals surface area (Å²) in [5.41, 5.74) is 0.829. The Hall–Kier alpha value is -2.89. The molecule has 0 aliphatic rings. The summed E-state index contributed by atoms with van der Waals surface area (Å²) in [7, 11) is 0. The van der Waals surface area contributed by atoms with Crippen LogP contribution < -0.4 is 15.4 Å². The van der Waals surface area contributed by atoms with Gasteiger partial charge in [-0.2, -0.15) is 0 Å². The Morgan fingerprint density at radius 1 is 1.04 bits per heavy atom. The minimum atomic E-state index is -0.378. The molecule has 0 fully saturated rings. The highest BCUT2D eigenvalue weighted by Gasteiger charge is 2.17. The number of rotatable bonds is 5. The third-order valence-corrected chi connectivity index (χ3v) is 3.23. The molecule has 0 aliphatic carbocycles. The third kappa shape index (κ3) is 5.88. The molecule has 0 radical (unpaired) electrons. The van der Waals surface area contributed by atoms with E-state index in [-0.39, 0.29) is 29.2 Å². The van der Waals surface area contributed by atoms with Crippen LogP contribution in [-0.4, -0.2) is 28.4 Å². The van der Waals surface area contributed by atoms with Gasteiger partial charge in [0.1, 0.15) is 11.4 Å². The van der Waals surface area contributed by atoms with Crippen molar-refractivity contribution in [2.24, 2.45) is 0 Å². The number of aromatic nitrogens is 1. The molecule has 0 saturated heterocycles. The predicted molar refractivity (Wildman–Crippen MR) is 102 cm³/mol. The van der Waals surface area contributed by atoms with Crippen molar-refractivity contribution >= 4 is 17.5 Å². The first-order valence-electron chi connectivity index (χ1n) is 8.51. The minimum absolute atomic E-state index is 0.0879. The van der Waals surface area contributed by atoms with Gasteiger partial charge < -0.3 is 15.4 Å². The standard InChI is InChI=1S/C20H25N3O3/c1-13(2)26-16-8-6-15(7-9-16)22-18(24)14-10-11-21-17(12-14)19(25)23-20(3,4)5/h6-13H,1-5H3,(H,22,24)(H,23,25). The average Bonchev–Trinajstić information content (AvgIpc) is 2.55. The van der Waals surface area contributed by atoms with Crippen molar-refractivity contribution in [1.29, 1.82) is 0 Å². The van der Waals surface area contributed by atoms with Crippen LogP contribution in [0.3, 0.4) is 0 Å². The lowest BCUT2D eigenvalue weighted by atomic mass is 10.1. The van der Waals surface area contributed by atoms with Crippen LogP contribution in [0.5, 0.6) is 5.75 Å². The summed E-state index contributed by atoms with van der Waals surface area (Å²) in [6.45, 7) is 9.55. The maximum Gasteiger partial charge on any atom is 0.270 e. The molecule has 6 heteroatoms. The van der Waals surface area contributed by atoms with Gasteiger partial charge in [0.15, 0.2) is 0 Å². The van der Waals surface area contributed by atoms with Crippen LogP contribution in [0.25, 0.3) is 0 Å². The Morgan fingerprint density at radius 2 is 1.69 bits per heavy atom. The van der Waals surface area contributed by atoms with Crippen LogP contribution in [0.2, 0.25) is 0 Å². The number of ether oxygens (including phenoxy) is 1. The molecule has 0 saturated carbocycles. The molecule has 2 N–H and O–H groups in total. The van der Waals surface area contributed by atoms with Crippen LogP contribution in [0.1, 0.15) is 55.5 Å². The van der Waals surface area contributed by atoms with E-state index in [0.717, 1.165) is 5.75 Å². The molecule has 0 spiro atoms.